The van der Waals surface area contributed by atoms with Crippen molar-refractivity contribution in [1.29, 1.82) is 0 Å². The summed E-state index contributed by atoms with van der Waals surface area (Å²) in [6.07, 6.45) is 3.23. The van der Waals surface area contributed by atoms with Crippen LogP contribution in [0, 0.1) is 0 Å². The van der Waals surface area contributed by atoms with Crippen molar-refractivity contribution < 1.29 is 19.4 Å². The normalized spacial score (nSPS) is 18.4. The smallest absolute Gasteiger partial charge is 0.323 e. The molecule has 0 unspecified atom stereocenters. The first-order valence-corrected chi connectivity index (χ1v) is 9.81. The number of thiocarbonyl (C=S) groups is 1. The lowest BCUT2D eigenvalue weighted by Crippen LogP contribution is -2.35. The van der Waals surface area contributed by atoms with Crippen LogP contribution in [-0.2, 0) is 9.59 Å². The van der Waals surface area contributed by atoms with E-state index in [1.54, 1.807) is 36.4 Å². The summed E-state index contributed by atoms with van der Waals surface area (Å²) in [5.74, 6) is -0.190. The minimum Gasteiger partial charge on any atom is -0.480 e. The van der Waals surface area contributed by atoms with Gasteiger partial charge in [-0.3, -0.25) is 14.5 Å². The largest absolute Gasteiger partial charge is 0.480 e. The Balaban J connectivity index is 1.71. The first-order chi connectivity index (χ1) is 14.5. The number of para-hydroxylation sites is 3. The number of anilines is 2. The highest BCUT2D eigenvalue weighted by Crippen LogP contribution is 2.38. The Hall–Kier alpha value is -3.65. The third-order valence-corrected chi connectivity index (χ3v) is 5.18. The molecule has 0 bridgehead atoms. The molecule has 0 aliphatic carbocycles. The van der Waals surface area contributed by atoms with Crippen molar-refractivity contribution in [1.82, 2.24) is 4.90 Å². The highest BCUT2D eigenvalue weighted by Gasteiger charge is 2.39. The number of carboxylic acids is 1. The van der Waals surface area contributed by atoms with Gasteiger partial charge in [-0.2, -0.15) is 0 Å². The Kier molecular flexibility index (Phi) is 5.24. The van der Waals surface area contributed by atoms with Crippen LogP contribution >= 0.6 is 12.2 Å². The Morgan fingerprint density at radius 1 is 1.07 bits per heavy atom. The van der Waals surface area contributed by atoms with Gasteiger partial charge in [0.25, 0.3) is 5.91 Å². The summed E-state index contributed by atoms with van der Waals surface area (Å²) in [6, 6.07) is 16.6. The number of carboxylic acid groups (broad SMARTS) is 1. The van der Waals surface area contributed by atoms with E-state index in [9.17, 15) is 14.7 Å². The number of fused-ring (bicyclic) bond motifs is 1. The zero-order chi connectivity index (χ0) is 21.3. The van der Waals surface area contributed by atoms with Crippen LogP contribution in [0.25, 0.3) is 0 Å². The fourth-order valence-electron chi connectivity index (χ4n) is 3.45. The van der Waals surface area contributed by atoms with E-state index in [4.69, 9.17) is 17.0 Å². The van der Waals surface area contributed by atoms with Crippen LogP contribution in [-0.4, -0.2) is 40.1 Å². The highest BCUT2D eigenvalue weighted by atomic mass is 32.1. The monoisotopic (exact) mass is 421 g/mol. The van der Waals surface area contributed by atoms with E-state index >= 15 is 0 Å². The lowest BCUT2D eigenvalue weighted by atomic mass is 10.2. The number of nitrogens with zero attached hydrogens (tertiary/aromatic N) is 3. The van der Waals surface area contributed by atoms with Gasteiger partial charge < -0.3 is 19.6 Å². The SMILES string of the molecule is CCN1/C(=C/C=C2/C(=O)N(c3ccccc3)C(=S)N2CC(=O)O)Oc2ccccc21. The lowest BCUT2D eigenvalue weighted by molar-refractivity contribution is -0.137. The molecule has 1 amide bonds. The molecule has 0 radical (unpaired) electrons. The van der Waals surface area contributed by atoms with Gasteiger partial charge in [0.2, 0.25) is 5.88 Å². The van der Waals surface area contributed by atoms with Crippen molar-refractivity contribution in [3.05, 3.63) is 78.3 Å². The number of allylic oxidation sites excluding steroid dienone is 2. The summed E-state index contributed by atoms with van der Waals surface area (Å²) in [4.78, 5) is 29.2. The van der Waals surface area contributed by atoms with E-state index in [2.05, 4.69) is 0 Å². The molecule has 2 aliphatic heterocycles. The minimum absolute atomic E-state index is 0.126. The average Bonchev–Trinajstić information content (AvgIpc) is 3.21. The number of rotatable bonds is 5. The molecule has 2 heterocycles. The zero-order valence-electron chi connectivity index (χ0n) is 16.2. The second-order valence-corrected chi connectivity index (χ2v) is 6.97. The molecule has 7 nitrogen and oxygen atoms in total. The Morgan fingerprint density at radius 3 is 2.47 bits per heavy atom. The topological polar surface area (TPSA) is 73.3 Å². The minimum atomic E-state index is -1.08. The van der Waals surface area contributed by atoms with Crippen LogP contribution in [0.15, 0.2) is 78.3 Å². The van der Waals surface area contributed by atoms with E-state index in [0.717, 1.165) is 11.4 Å². The molecule has 8 heteroatoms. The van der Waals surface area contributed by atoms with Crippen LogP contribution < -0.4 is 14.5 Å². The summed E-state index contributed by atoms with van der Waals surface area (Å²) in [5.41, 5.74) is 1.69. The van der Waals surface area contributed by atoms with Gasteiger partial charge in [0.05, 0.1) is 11.4 Å². The third kappa shape index (κ3) is 3.42. The van der Waals surface area contributed by atoms with Crippen LogP contribution in [0.4, 0.5) is 11.4 Å². The second kappa shape index (κ2) is 8.00. The quantitative estimate of drug-likeness (QED) is 0.586. The van der Waals surface area contributed by atoms with Gasteiger partial charge in [-0.05, 0) is 49.5 Å². The number of carbonyl (C=O) groups excluding carboxylic acids is 1. The molecule has 0 saturated carbocycles. The number of carbonyl (C=O) groups is 2. The van der Waals surface area contributed by atoms with Crippen molar-refractivity contribution in [2.75, 3.05) is 22.9 Å². The molecule has 152 valence electrons. The van der Waals surface area contributed by atoms with E-state index < -0.39 is 12.5 Å². The number of hydrogen-bond donors (Lipinski definition) is 1. The molecule has 30 heavy (non-hydrogen) atoms. The number of ether oxygens (including phenoxy) is 1. The van der Waals surface area contributed by atoms with Crippen LogP contribution in [0.3, 0.4) is 0 Å². The molecule has 1 fully saturated rings. The summed E-state index contributed by atoms with van der Waals surface area (Å²) in [6.45, 7) is 2.25. The Morgan fingerprint density at radius 2 is 1.77 bits per heavy atom. The standard InChI is InChI=1S/C22H19N3O4S/c1-2-23-16-10-6-7-11-18(16)29-19(23)13-12-17-21(28)25(15-8-4-3-5-9-15)22(30)24(17)14-20(26)27/h3-13H,2,14H2,1H3,(H,26,27)/b17-12-,19-13-. The number of benzene rings is 2. The lowest BCUT2D eigenvalue weighted by Gasteiger charge is -2.18. The van der Waals surface area contributed by atoms with Gasteiger partial charge in [-0.15, -0.1) is 0 Å². The molecule has 0 spiro atoms. The third-order valence-electron chi connectivity index (χ3n) is 4.78. The highest BCUT2D eigenvalue weighted by molar-refractivity contribution is 7.80. The molecule has 1 N–H and O–H groups in total. The van der Waals surface area contributed by atoms with Crippen molar-refractivity contribution >= 4 is 40.6 Å². The summed E-state index contributed by atoms with van der Waals surface area (Å²) in [7, 11) is 0. The van der Waals surface area contributed by atoms with Gasteiger partial charge in [-0.25, -0.2) is 0 Å². The van der Waals surface area contributed by atoms with Gasteiger partial charge in [0.1, 0.15) is 12.2 Å². The molecule has 1 saturated heterocycles. The summed E-state index contributed by atoms with van der Waals surface area (Å²) >= 11 is 5.43. The zero-order valence-corrected chi connectivity index (χ0v) is 17.0. The average molecular weight is 421 g/mol. The van der Waals surface area contributed by atoms with E-state index in [1.807, 2.05) is 42.2 Å². The van der Waals surface area contributed by atoms with Gasteiger partial charge in [0.15, 0.2) is 10.9 Å². The number of amides is 1. The first kappa shape index (κ1) is 19.7. The molecule has 2 aromatic carbocycles. The first-order valence-electron chi connectivity index (χ1n) is 9.40. The van der Waals surface area contributed by atoms with Crippen molar-refractivity contribution in [3.8, 4) is 5.75 Å². The summed E-state index contributed by atoms with van der Waals surface area (Å²) < 4.78 is 5.91. The molecule has 0 aromatic heterocycles. The van der Waals surface area contributed by atoms with Gasteiger partial charge >= 0.3 is 5.97 Å². The Labute approximate surface area is 179 Å². The summed E-state index contributed by atoms with van der Waals surface area (Å²) in [5, 5.41) is 9.45. The maximum atomic E-state index is 13.1. The van der Waals surface area contributed by atoms with Gasteiger partial charge in [0, 0.05) is 12.6 Å². The van der Waals surface area contributed by atoms with Crippen molar-refractivity contribution in [2.45, 2.75) is 6.92 Å². The molecule has 0 atom stereocenters. The van der Waals surface area contributed by atoms with E-state index in [-0.39, 0.29) is 16.7 Å². The number of hydrogen-bond acceptors (Lipinski definition) is 5. The fraction of sp³-hybridized carbons (Fsp3) is 0.136. The fourth-order valence-corrected chi connectivity index (χ4v) is 3.80. The van der Waals surface area contributed by atoms with E-state index in [1.165, 1.54) is 9.80 Å². The van der Waals surface area contributed by atoms with Crippen molar-refractivity contribution in [2.24, 2.45) is 0 Å². The molecular formula is C22H19N3O4S. The second-order valence-electron chi connectivity index (χ2n) is 6.61. The van der Waals surface area contributed by atoms with Crippen LogP contribution in [0.1, 0.15) is 6.92 Å². The Bertz CT molecular complexity index is 1080. The van der Waals surface area contributed by atoms with Crippen LogP contribution in [0.2, 0.25) is 0 Å². The van der Waals surface area contributed by atoms with E-state index in [0.29, 0.717) is 18.1 Å². The van der Waals surface area contributed by atoms with Crippen LogP contribution in [0.5, 0.6) is 5.75 Å². The molecule has 2 aromatic rings. The van der Waals surface area contributed by atoms with Crippen molar-refractivity contribution in [3.63, 3.8) is 0 Å². The number of aliphatic carboxylic acids is 1. The maximum Gasteiger partial charge on any atom is 0.323 e. The predicted molar refractivity (Wildman–Crippen MR) is 117 cm³/mol. The van der Waals surface area contributed by atoms with Gasteiger partial charge in [-0.1, -0.05) is 30.3 Å². The predicted octanol–water partition coefficient (Wildman–Crippen LogP) is 3.35. The maximum absolute atomic E-state index is 13.1. The molecule has 4 rings (SSSR count). The molecular weight excluding hydrogens is 402 g/mol. The molecule has 2 aliphatic rings.